The molecule has 0 atom stereocenters. The van der Waals surface area contributed by atoms with Gasteiger partial charge in [0.15, 0.2) is 0 Å². The van der Waals surface area contributed by atoms with Crippen LogP contribution in [0.4, 0.5) is 17.1 Å². The second-order valence-electron chi connectivity index (χ2n) is 15.3. The molecule has 0 bridgehead atoms. The van der Waals surface area contributed by atoms with Gasteiger partial charge in [-0.15, -0.1) is 0 Å². The number of furan rings is 1. The molecule has 0 radical (unpaired) electrons. The third-order valence-electron chi connectivity index (χ3n) is 11.7. The van der Waals surface area contributed by atoms with Crippen LogP contribution < -0.4 is 4.90 Å². The van der Waals surface area contributed by atoms with Gasteiger partial charge in [-0.1, -0.05) is 182 Å². The second kappa shape index (κ2) is 15.1. The summed E-state index contributed by atoms with van der Waals surface area (Å²) in [5.74, 6) is 0.872. The summed E-state index contributed by atoms with van der Waals surface area (Å²) in [5.41, 5.74) is 14.8. The van der Waals surface area contributed by atoms with Gasteiger partial charge in [0.05, 0.1) is 0 Å². The normalized spacial score (nSPS) is 11.3. The fourth-order valence-corrected chi connectivity index (χ4v) is 8.62. The molecule has 0 amide bonds. The molecule has 0 saturated carbocycles. The smallest absolute Gasteiger partial charge is 0.135 e. The first-order valence-electron chi connectivity index (χ1n) is 20.5. The van der Waals surface area contributed by atoms with Crippen molar-refractivity contribution in [1.29, 1.82) is 0 Å². The molecule has 0 N–H and O–H groups in total. The number of para-hydroxylation sites is 1. The predicted molar refractivity (Wildman–Crippen MR) is 253 cm³/mol. The van der Waals surface area contributed by atoms with Crippen molar-refractivity contribution in [3.63, 3.8) is 0 Å². The van der Waals surface area contributed by atoms with Crippen LogP contribution >= 0.6 is 0 Å². The fraction of sp³-hybridized carbons (Fsp3) is 0. The van der Waals surface area contributed by atoms with Gasteiger partial charge in [-0.3, -0.25) is 0 Å². The number of hydrogen-bond donors (Lipinski definition) is 0. The minimum Gasteiger partial charge on any atom is -0.456 e. The maximum absolute atomic E-state index is 6.22. The van der Waals surface area contributed by atoms with Gasteiger partial charge in [0.25, 0.3) is 0 Å². The van der Waals surface area contributed by atoms with Crippen LogP contribution in [-0.4, -0.2) is 0 Å². The van der Waals surface area contributed by atoms with E-state index in [2.05, 4.69) is 223 Å². The number of nitrogens with zero attached hydrogens (tertiary/aromatic N) is 1. The summed E-state index contributed by atoms with van der Waals surface area (Å²) >= 11 is 0. The standard InChI is InChI=1S/C58H39NO/c1-4-17-53-43(10-1)13-8-19-55(53)45-24-22-40(23-25-45)41-26-32-50(33-27-41)59(52-36-30-46(31-37-52)56-20-9-14-44-11-2-5-18-54(44)56)51-34-28-42(29-35-51)47-15-7-16-48(38-47)58-39-49-12-3-6-21-57(49)60-58/h1-39H. The number of rotatable bonds is 8. The fourth-order valence-electron chi connectivity index (χ4n) is 8.62. The third kappa shape index (κ3) is 6.61. The van der Waals surface area contributed by atoms with E-state index in [1.54, 1.807) is 0 Å². The summed E-state index contributed by atoms with van der Waals surface area (Å²) in [7, 11) is 0. The van der Waals surface area contributed by atoms with Crippen LogP contribution in [-0.2, 0) is 0 Å². The van der Waals surface area contributed by atoms with Crippen molar-refractivity contribution in [3.8, 4) is 55.8 Å². The zero-order valence-electron chi connectivity index (χ0n) is 32.9. The molecular formula is C58H39NO. The Balaban J connectivity index is 0.930. The lowest BCUT2D eigenvalue weighted by molar-refractivity contribution is 0.631. The van der Waals surface area contributed by atoms with Crippen molar-refractivity contribution in [2.75, 3.05) is 4.90 Å². The molecule has 1 heterocycles. The minimum absolute atomic E-state index is 0.872. The molecule has 2 nitrogen and oxygen atoms in total. The zero-order chi connectivity index (χ0) is 39.8. The van der Waals surface area contributed by atoms with Gasteiger partial charge in [-0.2, -0.15) is 0 Å². The van der Waals surface area contributed by atoms with E-state index in [-0.39, 0.29) is 0 Å². The highest BCUT2D eigenvalue weighted by atomic mass is 16.3. The van der Waals surface area contributed by atoms with Crippen LogP contribution in [0.25, 0.3) is 88.3 Å². The van der Waals surface area contributed by atoms with Crippen molar-refractivity contribution in [3.05, 3.63) is 237 Å². The average molecular weight is 766 g/mol. The number of anilines is 3. The van der Waals surface area contributed by atoms with Crippen molar-refractivity contribution < 1.29 is 4.42 Å². The second-order valence-corrected chi connectivity index (χ2v) is 15.3. The van der Waals surface area contributed by atoms with Gasteiger partial charge in [-0.05, 0) is 121 Å². The van der Waals surface area contributed by atoms with Gasteiger partial charge in [0.2, 0.25) is 0 Å². The average Bonchev–Trinajstić information content (AvgIpc) is 3.77. The predicted octanol–water partition coefficient (Wildman–Crippen LogP) is 16.5. The molecule has 0 spiro atoms. The molecule has 0 saturated heterocycles. The van der Waals surface area contributed by atoms with Crippen molar-refractivity contribution in [2.24, 2.45) is 0 Å². The molecule has 282 valence electrons. The molecule has 0 aliphatic rings. The Morgan fingerprint density at radius 1 is 0.267 bits per heavy atom. The molecule has 10 aromatic carbocycles. The first-order valence-corrected chi connectivity index (χ1v) is 20.5. The van der Waals surface area contributed by atoms with Gasteiger partial charge in [0, 0.05) is 28.0 Å². The number of benzene rings is 10. The van der Waals surface area contributed by atoms with Crippen LogP contribution in [0.2, 0.25) is 0 Å². The zero-order valence-corrected chi connectivity index (χ0v) is 32.9. The highest BCUT2D eigenvalue weighted by molar-refractivity contribution is 5.98. The Bertz CT molecular complexity index is 3240. The van der Waals surface area contributed by atoms with Crippen LogP contribution in [0.5, 0.6) is 0 Å². The quantitative estimate of drug-likeness (QED) is 0.153. The summed E-state index contributed by atoms with van der Waals surface area (Å²) in [4.78, 5) is 2.34. The first-order chi connectivity index (χ1) is 29.7. The summed E-state index contributed by atoms with van der Waals surface area (Å²) in [6.45, 7) is 0. The van der Waals surface area contributed by atoms with Crippen LogP contribution in [0.15, 0.2) is 241 Å². The van der Waals surface area contributed by atoms with E-state index in [1.165, 1.54) is 54.9 Å². The molecule has 11 rings (SSSR count). The summed E-state index contributed by atoms with van der Waals surface area (Å²) in [6.07, 6.45) is 0. The molecule has 11 aromatic rings. The molecule has 0 unspecified atom stereocenters. The lowest BCUT2D eigenvalue weighted by Crippen LogP contribution is -2.09. The molecule has 0 aliphatic carbocycles. The Hall–Kier alpha value is -7.94. The Kier molecular flexibility index (Phi) is 8.87. The van der Waals surface area contributed by atoms with Crippen molar-refractivity contribution >= 4 is 49.6 Å². The molecular weight excluding hydrogens is 727 g/mol. The van der Waals surface area contributed by atoms with Crippen LogP contribution in [0.1, 0.15) is 0 Å². The van der Waals surface area contributed by atoms with Crippen LogP contribution in [0, 0.1) is 0 Å². The SMILES string of the molecule is c1cc(-c2ccc(N(c3ccc(-c4ccc(-c5cccc6ccccc56)cc4)cc3)c3ccc(-c4cccc5ccccc45)cc3)cc2)cc(-c2cc3ccccc3o2)c1. The van der Waals surface area contributed by atoms with E-state index in [0.717, 1.165) is 50.5 Å². The lowest BCUT2D eigenvalue weighted by Gasteiger charge is -2.26. The maximum Gasteiger partial charge on any atom is 0.135 e. The van der Waals surface area contributed by atoms with Gasteiger partial charge < -0.3 is 9.32 Å². The highest BCUT2D eigenvalue weighted by Gasteiger charge is 2.15. The van der Waals surface area contributed by atoms with E-state index in [1.807, 2.05) is 18.2 Å². The third-order valence-corrected chi connectivity index (χ3v) is 11.7. The number of hydrogen-bond acceptors (Lipinski definition) is 2. The molecule has 1 aromatic heterocycles. The van der Waals surface area contributed by atoms with Crippen LogP contribution in [0.3, 0.4) is 0 Å². The molecule has 2 heteroatoms. The molecule has 0 fully saturated rings. The summed E-state index contributed by atoms with van der Waals surface area (Å²) < 4.78 is 6.22. The van der Waals surface area contributed by atoms with E-state index in [0.29, 0.717) is 0 Å². The van der Waals surface area contributed by atoms with E-state index >= 15 is 0 Å². The Labute approximate surface area is 349 Å². The van der Waals surface area contributed by atoms with Gasteiger partial charge >= 0.3 is 0 Å². The minimum atomic E-state index is 0.872. The molecule has 0 aliphatic heterocycles. The largest absolute Gasteiger partial charge is 0.456 e. The monoisotopic (exact) mass is 765 g/mol. The number of fused-ring (bicyclic) bond motifs is 3. The lowest BCUT2D eigenvalue weighted by atomic mass is 9.96. The molecule has 60 heavy (non-hydrogen) atoms. The van der Waals surface area contributed by atoms with Crippen molar-refractivity contribution in [1.82, 2.24) is 0 Å². The van der Waals surface area contributed by atoms with Gasteiger partial charge in [-0.25, -0.2) is 0 Å². The maximum atomic E-state index is 6.22. The van der Waals surface area contributed by atoms with E-state index < -0.39 is 0 Å². The van der Waals surface area contributed by atoms with E-state index in [9.17, 15) is 0 Å². The topological polar surface area (TPSA) is 16.4 Å². The van der Waals surface area contributed by atoms with Gasteiger partial charge in [0.1, 0.15) is 11.3 Å². The summed E-state index contributed by atoms with van der Waals surface area (Å²) in [5, 5.41) is 6.13. The van der Waals surface area contributed by atoms with E-state index in [4.69, 9.17) is 4.42 Å². The first kappa shape index (κ1) is 35.2. The summed E-state index contributed by atoms with van der Waals surface area (Å²) in [6, 6.07) is 84.9. The Morgan fingerprint density at radius 3 is 1.22 bits per heavy atom. The highest BCUT2D eigenvalue weighted by Crippen LogP contribution is 2.40. The van der Waals surface area contributed by atoms with Crippen molar-refractivity contribution in [2.45, 2.75) is 0 Å². The Morgan fingerprint density at radius 2 is 0.667 bits per heavy atom.